The summed E-state index contributed by atoms with van der Waals surface area (Å²) in [5.41, 5.74) is 3.03. The molecule has 15 heteroatoms. The molecule has 4 atom stereocenters. The molecule has 2 aromatic carbocycles. The van der Waals surface area contributed by atoms with E-state index in [0.717, 1.165) is 24.0 Å². The lowest BCUT2D eigenvalue weighted by molar-refractivity contribution is -0.114. The van der Waals surface area contributed by atoms with Crippen molar-refractivity contribution >= 4 is 18.0 Å². The number of carbonyl (C=O) groups excluding carboxylic acids is 3. The van der Waals surface area contributed by atoms with Gasteiger partial charge in [-0.2, -0.15) is 0 Å². The Bertz CT molecular complexity index is 1490. The zero-order valence-corrected chi connectivity index (χ0v) is 29.1. The number of benzene rings is 2. The predicted molar refractivity (Wildman–Crippen MR) is 184 cm³/mol. The lowest BCUT2D eigenvalue weighted by Crippen LogP contribution is -2.54. The van der Waals surface area contributed by atoms with E-state index in [9.17, 15) is 34.8 Å². The highest BCUT2D eigenvalue weighted by atomic mass is 16.6. The molecule has 3 fully saturated rings. The molecule has 3 aliphatic rings. The molecule has 2 amide bonds. The van der Waals surface area contributed by atoms with Crippen LogP contribution in [0.25, 0.3) is 0 Å². The van der Waals surface area contributed by atoms with Crippen molar-refractivity contribution < 1.29 is 54.1 Å². The normalized spacial score (nSPS) is 19.1. The maximum atomic E-state index is 13.0. The Morgan fingerprint density at radius 3 is 2.20 bits per heavy atom. The van der Waals surface area contributed by atoms with Crippen LogP contribution in [0.4, 0.5) is 4.79 Å². The molecule has 2 saturated heterocycles. The van der Waals surface area contributed by atoms with Gasteiger partial charge in [0.05, 0.1) is 32.0 Å². The van der Waals surface area contributed by atoms with Crippen molar-refractivity contribution in [3.05, 3.63) is 58.7 Å². The Balaban J connectivity index is 1.04. The van der Waals surface area contributed by atoms with Gasteiger partial charge in [-0.1, -0.05) is 0 Å². The maximum Gasteiger partial charge on any atom is 0.415 e. The standard InChI is InChI=1S/C36H50N4O11/c1-3-50-31-15-28(35(47)49-2)27(23-4-5-23)14-25(31)20-38-10-12-39(13-11-38)36(48)51-26-8-6-24(7-9-26)34(46)40-18-22(19-40)16-37-17-29(42)32(44)33(45)30(43)21-41/h6-9,14-15,22-23,29-30,32-33,37,41-45H,3-5,10-13,16-21H2,1-2H3. The van der Waals surface area contributed by atoms with Crippen LogP contribution in [0.2, 0.25) is 0 Å². The van der Waals surface area contributed by atoms with Crippen LogP contribution in [0.1, 0.15) is 57.5 Å². The Kier molecular flexibility index (Phi) is 13.2. The largest absolute Gasteiger partial charge is 0.494 e. The molecule has 1 saturated carbocycles. The lowest BCUT2D eigenvalue weighted by atomic mass is 9.98. The van der Waals surface area contributed by atoms with Crippen molar-refractivity contribution in [1.29, 1.82) is 0 Å². The van der Waals surface area contributed by atoms with Gasteiger partial charge in [-0.25, -0.2) is 9.59 Å². The van der Waals surface area contributed by atoms with Gasteiger partial charge in [0.15, 0.2) is 0 Å². The van der Waals surface area contributed by atoms with Crippen molar-refractivity contribution in [2.45, 2.75) is 56.6 Å². The molecule has 0 aromatic heterocycles. The highest BCUT2D eigenvalue weighted by molar-refractivity contribution is 5.95. The second-order valence-corrected chi connectivity index (χ2v) is 13.4. The number of nitrogens with one attached hydrogen (secondary N) is 1. The minimum atomic E-state index is -1.68. The molecular weight excluding hydrogens is 664 g/mol. The van der Waals surface area contributed by atoms with Crippen LogP contribution in [-0.2, 0) is 11.3 Å². The van der Waals surface area contributed by atoms with E-state index >= 15 is 0 Å². The zero-order chi connectivity index (χ0) is 36.7. The Morgan fingerprint density at radius 1 is 0.922 bits per heavy atom. The molecule has 0 bridgehead atoms. The van der Waals surface area contributed by atoms with Crippen LogP contribution in [0.5, 0.6) is 11.5 Å². The van der Waals surface area contributed by atoms with Gasteiger partial charge in [-0.3, -0.25) is 9.69 Å². The van der Waals surface area contributed by atoms with E-state index in [-0.39, 0.29) is 24.3 Å². The highest BCUT2D eigenvalue weighted by Gasteiger charge is 2.34. The summed E-state index contributed by atoms with van der Waals surface area (Å²) in [6.45, 7) is 5.91. The molecule has 51 heavy (non-hydrogen) atoms. The van der Waals surface area contributed by atoms with Crippen molar-refractivity contribution in [3.63, 3.8) is 0 Å². The van der Waals surface area contributed by atoms with Gasteiger partial charge in [0, 0.05) is 75.9 Å². The molecule has 2 aromatic rings. The second-order valence-electron chi connectivity index (χ2n) is 13.4. The van der Waals surface area contributed by atoms with Crippen LogP contribution >= 0.6 is 0 Å². The van der Waals surface area contributed by atoms with E-state index in [1.807, 2.05) is 6.92 Å². The van der Waals surface area contributed by atoms with Crippen molar-refractivity contribution in [2.75, 3.05) is 72.7 Å². The summed E-state index contributed by atoms with van der Waals surface area (Å²) < 4.78 is 16.5. The molecule has 2 aliphatic heterocycles. The molecule has 1 aliphatic carbocycles. The summed E-state index contributed by atoms with van der Waals surface area (Å²) in [6.07, 6.45) is -4.58. The smallest absolute Gasteiger partial charge is 0.415 e. The van der Waals surface area contributed by atoms with Crippen LogP contribution in [0.15, 0.2) is 36.4 Å². The molecule has 6 N–H and O–H groups in total. The third kappa shape index (κ3) is 9.74. The number of aliphatic hydroxyl groups is 5. The molecule has 4 unspecified atom stereocenters. The monoisotopic (exact) mass is 714 g/mol. The number of carbonyl (C=O) groups is 3. The number of ether oxygens (including phenoxy) is 3. The Hall–Kier alpha value is -3.83. The van der Waals surface area contributed by atoms with Gasteiger partial charge < -0.3 is 54.9 Å². The number of piperazine rings is 1. The number of nitrogens with zero attached hydrogens (tertiary/aromatic N) is 3. The molecule has 0 spiro atoms. The summed E-state index contributed by atoms with van der Waals surface area (Å²) in [6, 6.07) is 10.3. The van der Waals surface area contributed by atoms with Gasteiger partial charge in [0.1, 0.15) is 29.8 Å². The fraction of sp³-hybridized carbons (Fsp3) is 0.583. The fourth-order valence-corrected chi connectivity index (χ4v) is 6.40. The van der Waals surface area contributed by atoms with E-state index < -0.39 is 37.1 Å². The number of hydrogen-bond acceptors (Lipinski definition) is 13. The van der Waals surface area contributed by atoms with E-state index in [4.69, 9.17) is 19.3 Å². The summed E-state index contributed by atoms with van der Waals surface area (Å²) in [7, 11) is 1.39. The van der Waals surface area contributed by atoms with E-state index in [0.29, 0.717) is 87.5 Å². The first-order chi connectivity index (χ1) is 24.5. The van der Waals surface area contributed by atoms with E-state index in [1.165, 1.54) is 7.11 Å². The van der Waals surface area contributed by atoms with Crippen LogP contribution in [0, 0.1) is 5.92 Å². The summed E-state index contributed by atoms with van der Waals surface area (Å²) in [5.74, 6) is 0.975. The van der Waals surface area contributed by atoms with Gasteiger partial charge in [-0.15, -0.1) is 0 Å². The molecular formula is C36H50N4O11. The molecule has 5 rings (SSSR count). The first-order valence-corrected chi connectivity index (χ1v) is 17.5. The molecule has 280 valence electrons. The number of methoxy groups -OCH3 is 1. The third-order valence-corrected chi connectivity index (χ3v) is 9.64. The van der Waals surface area contributed by atoms with Gasteiger partial charge >= 0.3 is 12.1 Å². The Labute approximate surface area is 297 Å². The SMILES string of the molecule is CCOc1cc(C(=O)OC)c(C2CC2)cc1CN1CCN(C(=O)Oc2ccc(C(=O)N3CC(CNCC(O)C(O)C(O)C(O)CO)C3)cc2)CC1. The van der Waals surface area contributed by atoms with Crippen molar-refractivity contribution in [2.24, 2.45) is 5.92 Å². The highest BCUT2D eigenvalue weighted by Crippen LogP contribution is 2.44. The minimum absolute atomic E-state index is 0.0404. The fourth-order valence-electron chi connectivity index (χ4n) is 6.40. The quantitative estimate of drug-likeness (QED) is 0.129. The minimum Gasteiger partial charge on any atom is -0.494 e. The first-order valence-electron chi connectivity index (χ1n) is 17.5. The van der Waals surface area contributed by atoms with Crippen LogP contribution < -0.4 is 14.8 Å². The molecule has 0 radical (unpaired) electrons. The Morgan fingerprint density at radius 2 is 1.59 bits per heavy atom. The number of aliphatic hydroxyl groups excluding tert-OH is 5. The third-order valence-electron chi connectivity index (χ3n) is 9.64. The number of hydrogen-bond donors (Lipinski definition) is 6. The predicted octanol–water partition coefficient (Wildman–Crippen LogP) is 0.163. The topological polar surface area (TPSA) is 202 Å². The van der Waals surface area contributed by atoms with Gasteiger partial charge in [0.2, 0.25) is 0 Å². The summed E-state index contributed by atoms with van der Waals surface area (Å²) >= 11 is 0. The summed E-state index contributed by atoms with van der Waals surface area (Å²) in [5, 5.41) is 51.0. The van der Waals surface area contributed by atoms with Crippen LogP contribution in [-0.4, -0.2) is 155 Å². The van der Waals surface area contributed by atoms with Gasteiger partial charge in [-0.05, 0) is 67.6 Å². The van der Waals surface area contributed by atoms with E-state index in [1.54, 1.807) is 40.1 Å². The van der Waals surface area contributed by atoms with E-state index in [2.05, 4.69) is 16.3 Å². The maximum absolute atomic E-state index is 13.0. The van der Waals surface area contributed by atoms with Crippen molar-refractivity contribution in [3.8, 4) is 11.5 Å². The number of esters is 1. The number of likely N-dealkylation sites (tertiary alicyclic amines) is 1. The average molecular weight is 715 g/mol. The van der Waals surface area contributed by atoms with Gasteiger partial charge in [0.25, 0.3) is 5.91 Å². The second kappa shape index (κ2) is 17.6. The zero-order valence-electron chi connectivity index (χ0n) is 29.1. The van der Waals surface area contributed by atoms with Crippen LogP contribution in [0.3, 0.4) is 0 Å². The average Bonchev–Trinajstić information content (AvgIpc) is 3.98. The van der Waals surface area contributed by atoms with Crippen molar-refractivity contribution in [1.82, 2.24) is 20.0 Å². The summed E-state index contributed by atoms with van der Waals surface area (Å²) in [4.78, 5) is 44.0. The number of amides is 2. The molecule has 15 nitrogen and oxygen atoms in total. The first kappa shape index (κ1) is 38.4. The number of rotatable bonds is 16. The lowest BCUT2D eigenvalue weighted by Gasteiger charge is -2.39. The molecule has 2 heterocycles.